The molecular formula is C20H34N2O3. The summed E-state index contributed by atoms with van der Waals surface area (Å²) < 4.78 is 17.3. The van der Waals surface area contributed by atoms with Gasteiger partial charge in [-0.15, -0.1) is 0 Å². The molecular weight excluding hydrogens is 316 g/mol. The summed E-state index contributed by atoms with van der Waals surface area (Å²) in [6, 6.07) is 8.34. The van der Waals surface area contributed by atoms with E-state index in [1.807, 2.05) is 6.07 Å². The van der Waals surface area contributed by atoms with Gasteiger partial charge in [0.05, 0.1) is 19.3 Å². The monoisotopic (exact) mass is 350 g/mol. The van der Waals surface area contributed by atoms with Crippen molar-refractivity contribution < 1.29 is 14.2 Å². The van der Waals surface area contributed by atoms with E-state index >= 15 is 0 Å². The van der Waals surface area contributed by atoms with Crippen molar-refractivity contribution in [2.45, 2.75) is 38.3 Å². The van der Waals surface area contributed by atoms with Crippen LogP contribution >= 0.6 is 0 Å². The van der Waals surface area contributed by atoms with Gasteiger partial charge in [-0.05, 0) is 38.8 Å². The molecule has 1 saturated carbocycles. The van der Waals surface area contributed by atoms with Crippen LogP contribution in [0.4, 0.5) is 0 Å². The van der Waals surface area contributed by atoms with Gasteiger partial charge >= 0.3 is 0 Å². The highest BCUT2D eigenvalue weighted by atomic mass is 16.5. The van der Waals surface area contributed by atoms with Crippen molar-refractivity contribution in [3.63, 3.8) is 0 Å². The van der Waals surface area contributed by atoms with E-state index in [1.54, 1.807) is 14.2 Å². The van der Waals surface area contributed by atoms with Crippen LogP contribution in [0.1, 0.15) is 31.2 Å². The van der Waals surface area contributed by atoms with E-state index in [1.165, 1.54) is 5.56 Å². The van der Waals surface area contributed by atoms with Gasteiger partial charge in [0, 0.05) is 44.8 Å². The van der Waals surface area contributed by atoms with Crippen LogP contribution in [0.2, 0.25) is 0 Å². The molecule has 0 unspecified atom stereocenters. The molecule has 0 saturated heterocycles. The van der Waals surface area contributed by atoms with Gasteiger partial charge in [-0.1, -0.05) is 18.2 Å². The second kappa shape index (κ2) is 10.1. The first-order valence-electron chi connectivity index (χ1n) is 9.23. The first-order chi connectivity index (χ1) is 12.1. The maximum Gasteiger partial charge on any atom is 0.124 e. The molecule has 1 aromatic rings. The lowest BCUT2D eigenvalue weighted by Gasteiger charge is -2.39. The smallest absolute Gasteiger partial charge is 0.124 e. The minimum Gasteiger partial charge on any atom is -0.490 e. The highest BCUT2D eigenvalue weighted by molar-refractivity contribution is 5.33. The van der Waals surface area contributed by atoms with E-state index in [2.05, 4.69) is 30.1 Å². The fourth-order valence-corrected chi connectivity index (χ4v) is 3.78. The Morgan fingerprint density at radius 1 is 1.12 bits per heavy atom. The first-order valence-corrected chi connectivity index (χ1v) is 9.23. The highest BCUT2D eigenvalue weighted by Crippen LogP contribution is 2.38. The molecule has 1 aromatic carbocycles. The number of methoxy groups -OCH3 is 2. The van der Waals surface area contributed by atoms with Crippen molar-refractivity contribution in [1.82, 2.24) is 4.90 Å². The van der Waals surface area contributed by atoms with Gasteiger partial charge in [-0.3, -0.25) is 0 Å². The van der Waals surface area contributed by atoms with Crippen LogP contribution in [0, 0.1) is 5.41 Å². The van der Waals surface area contributed by atoms with Gasteiger partial charge in [0.2, 0.25) is 0 Å². The third kappa shape index (κ3) is 5.96. The summed E-state index contributed by atoms with van der Waals surface area (Å²) >= 11 is 0. The molecule has 0 aromatic heterocycles. The average Bonchev–Trinajstić information content (AvgIpc) is 2.59. The zero-order valence-corrected chi connectivity index (χ0v) is 16.0. The fraction of sp³-hybridized carbons (Fsp3) is 0.700. The Morgan fingerprint density at radius 3 is 2.36 bits per heavy atom. The lowest BCUT2D eigenvalue weighted by atomic mass is 9.74. The molecule has 25 heavy (non-hydrogen) atoms. The first kappa shape index (κ1) is 20.2. The Kier molecular flexibility index (Phi) is 8.16. The van der Waals surface area contributed by atoms with Crippen molar-refractivity contribution in [3.05, 3.63) is 29.8 Å². The number of rotatable bonds is 10. The van der Waals surface area contributed by atoms with E-state index in [4.69, 9.17) is 19.9 Å². The number of likely N-dealkylation sites (N-methyl/N-ethyl adjacent to an activating group) is 1. The van der Waals surface area contributed by atoms with Crippen LogP contribution in [0.5, 0.6) is 5.75 Å². The molecule has 0 atom stereocenters. The zero-order chi connectivity index (χ0) is 18.1. The summed E-state index contributed by atoms with van der Waals surface area (Å²) in [6.45, 7) is 3.93. The van der Waals surface area contributed by atoms with E-state index in [-0.39, 0.29) is 11.5 Å². The standard InChI is InChI=1S/C20H34N2O3/c1-22(13-12-21)14-17-6-4-5-7-19(17)25-18-8-10-20(11-9-18,15-23-2)16-24-3/h4-7,18H,8-16,21H2,1-3H3. The number of nitrogens with two attached hydrogens (primary N) is 1. The number of hydrogen-bond donors (Lipinski definition) is 1. The molecule has 1 fully saturated rings. The van der Waals surface area contributed by atoms with Crippen LogP contribution in [0.25, 0.3) is 0 Å². The summed E-state index contributed by atoms with van der Waals surface area (Å²) in [5.41, 5.74) is 7.02. The zero-order valence-electron chi connectivity index (χ0n) is 16.0. The van der Waals surface area contributed by atoms with Crippen LogP contribution < -0.4 is 10.5 Å². The highest BCUT2D eigenvalue weighted by Gasteiger charge is 2.36. The molecule has 142 valence electrons. The maximum absolute atomic E-state index is 6.38. The topological polar surface area (TPSA) is 57.0 Å². The second-order valence-electron chi connectivity index (χ2n) is 7.32. The molecule has 2 N–H and O–H groups in total. The Balaban J connectivity index is 1.95. The molecule has 5 heteroatoms. The van der Waals surface area contributed by atoms with Crippen LogP contribution in [0.15, 0.2) is 24.3 Å². The molecule has 0 radical (unpaired) electrons. The van der Waals surface area contributed by atoms with Crippen molar-refractivity contribution in [1.29, 1.82) is 0 Å². The molecule has 5 nitrogen and oxygen atoms in total. The van der Waals surface area contributed by atoms with Gasteiger partial charge in [-0.2, -0.15) is 0 Å². The number of hydrogen-bond acceptors (Lipinski definition) is 5. The van der Waals surface area contributed by atoms with Crippen LogP contribution in [-0.4, -0.2) is 58.6 Å². The van der Waals surface area contributed by atoms with Gasteiger partial charge in [0.15, 0.2) is 0 Å². The van der Waals surface area contributed by atoms with Crippen LogP contribution in [-0.2, 0) is 16.0 Å². The summed E-state index contributed by atoms with van der Waals surface area (Å²) in [5.74, 6) is 1.00. The third-order valence-electron chi connectivity index (χ3n) is 5.11. The molecule has 1 aliphatic rings. The Hall–Kier alpha value is -1.14. The predicted octanol–water partition coefficient (Wildman–Crippen LogP) is 2.68. The number of benzene rings is 1. The molecule has 0 bridgehead atoms. The normalized spacial score (nSPS) is 17.8. The predicted molar refractivity (Wildman–Crippen MR) is 101 cm³/mol. The summed E-state index contributed by atoms with van der Waals surface area (Å²) in [4.78, 5) is 2.23. The molecule has 0 heterocycles. The number of nitrogens with zero attached hydrogens (tertiary/aromatic N) is 1. The SMILES string of the molecule is COCC1(COC)CCC(Oc2ccccc2CN(C)CCN)CC1. The lowest BCUT2D eigenvalue weighted by molar-refractivity contribution is -0.0340. The van der Waals surface area contributed by atoms with Crippen molar-refractivity contribution in [3.8, 4) is 5.75 Å². The van der Waals surface area contributed by atoms with E-state index in [0.29, 0.717) is 6.54 Å². The van der Waals surface area contributed by atoms with Crippen molar-refractivity contribution >= 4 is 0 Å². The van der Waals surface area contributed by atoms with E-state index in [9.17, 15) is 0 Å². The average molecular weight is 351 g/mol. The van der Waals surface area contributed by atoms with Crippen molar-refractivity contribution in [2.75, 3.05) is 47.6 Å². The summed E-state index contributed by atoms with van der Waals surface area (Å²) in [5, 5.41) is 0. The number of para-hydroxylation sites is 1. The van der Waals surface area contributed by atoms with E-state index in [0.717, 1.165) is 57.7 Å². The van der Waals surface area contributed by atoms with E-state index < -0.39 is 0 Å². The molecule has 0 spiro atoms. The summed E-state index contributed by atoms with van der Waals surface area (Å²) in [7, 11) is 5.64. The molecule has 2 rings (SSSR count). The van der Waals surface area contributed by atoms with Gasteiger partial charge in [0.1, 0.15) is 5.75 Å². The Bertz CT molecular complexity index is 493. The van der Waals surface area contributed by atoms with Crippen molar-refractivity contribution in [2.24, 2.45) is 11.1 Å². The second-order valence-corrected chi connectivity index (χ2v) is 7.32. The molecule has 0 amide bonds. The summed E-state index contributed by atoms with van der Waals surface area (Å²) in [6.07, 6.45) is 4.51. The fourth-order valence-electron chi connectivity index (χ4n) is 3.78. The van der Waals surface area contributed by atoms with Gasteiger partial charge in [-0.25, -0.2) is 0 Å². The Labute approximate surface area is 152 Å². The number of ether oxygens (including phenoxy) is 3. The van der Waals surface area contributed by atoms with Crippen LogP contribution in [0.3, 0.4) is 0 Å². The van der Waals surface area contributed by atoms with Gasteiger partial charge < -0.3 is 24.8 Å². The Morgan fingerprint density at radius 2 is 1.76 bits per heavy atom. The quantitative estimate of drug-likeness (QED) is 0.703. The molecule has 0 aliphatic heterocycles. The minimum absolute atomic E-state index is 0.143. The minimum atomic E-state index is 0.143. The maximum atomic E-state index is 6.38. The molecule has 1 aliphatic carbocycles. The lowest BCUT2D eigenvalue weighted by Crippen LogP contribution is -2.39. The van der Waals surface area contributed by atoms with Gasteiger partial charge in [0.25, 0.3) is 0 Å². The largest absolute Gasteiger partial charge is 0.490 e. The third-order valence-corrected chi connectivity index (χ3v) is 5.11.